The van der Waals surface area contributed by atoms with Crippen molar-refractivity contribution in [2.24, 2.45) is 0 Å². The minimum atomic E-state index is -0.347. The van der Waals surface area contributed by atoms with Gasteiger partial charge >= 0.3 is 0 Å². The van der Waals surface area contributed by atoms with E-state index in [1.807, 2.05) is 31.2 Å². The average molecular weight is 273 g/mol. The third-order valence-electron chi connectivity index (χ3n) is 3.20. The van der Waals surface area contributed by atoms with E-state index in [-0.39, 0.29) is 11.6 Å². The fourth-order valence-corrected chi connectivity index (χ4v) is 2.06. The molecule has 20 heavy (non-hydrogen) atoms. The van der Waals surface area contributed by atoms with Crippen molar-refractivity contribution in [3.63, 3.8) is 0 Å². The van der Waals surface area contributed by atoms with Crippen LogP contribution in [0.5, 0.6) is 11.5 Å². The zero-order chi connectivity index (χ0) is 14.5. The summed E-state index contributed by atoms with van der Waals surface area (Å²) in [6, 6.07) is 12.9. The normalized spacial score (nSPS) is 12.2. The number of halogens is 1. The fourth-order valence-electron chi connectivity index (χ4n) is 2.06. The molecule has 0 saturated carbocycles. The molecule has 2 rings (SSSR count). The molecular formula is C17H20FNO. The third kappa shape index (κ3) is 3.58. The van der Waals surface area contributed by atoms with Crippen LogP contribution in [-0.4, -0.2) is 6.54 Å². The van der Waals surface area contributed by atoms with Gasteiger partial charge in [0.2, 0.25) is 0 Å². The molecule has 0 fully saturated rings. The van der Waals surface area contributed by atoms with Crippen LogP contribution in [0.4, 0.5) is 4.39 Å². The largest absolute Gasteiger partial charge is 0.454 e. The summed E-state index contributed by atoms with van der Waals surface area (Å²) in [5.74, 6) is 0.556. The van der Waals surface area contributed by atoms with Gasteiger partial charge in [0.1, 0.15) is 5.75 Å². The highest BCUT2D eigenvalue weighted by atomic mass is 19.1. The van der Waals surface area contributed by atoms with Crippen LogP contribution < -0.4 is 10.1 Å². The van der Waals surface area contributed by atoms with Gasteiger partial charge in [0, 0.05) is 6.04 Å². The summed E-state index contributed by atoms with van der Waals surface area (Å²) in [6.45, 7) is 7.02. The Bertz CT molecular complexity index is 566. The van der Waals surface area contributed by atoms with Gasteiger partial charge in [0.05, 0.1) is 0 Å². The van der Waals surface area contributed by atoms with E-state index in [2.05, 4.69) is 19.2 Å². The molecule has 1 N–H and O–H groups in total. The Kier molecular flexibility index (Phi) is 4.74. The van der Waals surface area contributed by atoms with E-state index in [1.165, 1.54) is 11.6 Å². The molecule has 0 heterocycles. The van der Waals surface area contributed by atoms with Crippen molar-refractivity contribution in [3.05, 3.63) is 59.4 Å². The van der Waals surface area contributed by atoms with Gasteiger partial charge in [-0.15, -0.1) is 0 Å². The minimum Gasteiger partial charge on any atom is -0.454 e. The van der Waals surface area contributed by atoms with Crippen LogP contribution in [0.15, 0.2) is 42.5 Å². The lowest BCUT2D eigenvalue weighted by molar-refractivity contribution is 0.441. The molecule has 3 heteroatoms. The Morgan fingerprint density at radius 2 is 1.85 bits per heavy atom. The summed E-state index contributed by atoms with van der Waals surface area (Å²) in [4.78, 5) is 0. The highest BCUT2D eigenvalue weighted by Crippen LogP contribution is 2.26. The van der Waals surface area contributed by atoms with Gasteiger partial charge in [-0.1, -0.05) is 25.1 Å². The maximum Gasteiger partial charge on any atom is 0.165 e. The van der Waals surface area contributed by atoms with E-state index in [0.29, 0.717) is 11.8 Å². The van der Waals surface area contributed by atoms with Crippen molar-refractivity contribution < 1.29 is 9.13 Å². The Labute approximate surface area is 119 Å². The molecule has 0 saturated heterocycles. The molecular weight excluding hydrogens is 253 g/mol. The Morgan fingerprint density at radius 3 is 2.50 bits per heavy atom. The summed E-state index contributed by atoms with van der Waals surface area (Å²) in [5, 5.41) is 3.35. The van der Waals surface area contributed by atoms with Crippen LogP contribution in [0, 0.1) is 12.7 Å². The molecule has 2 nitrogen and oxygen atoms in total. The molecule has 0 bridgehead atoms. The lowest BCUT2D eigenvalue weighted by Crippen LogP contribution is -2.17. The molecule has 0 aliphatic heterocycles. The Morgan fingerprint density at radius 1 is 1.15 bits per heavy atom. The van der Waals surface area contributed by atoms with Gasteiger partial charge in [0.25, 0.3) is 0 Å². The van der Waals surface area contributed by atoms with Crippen LogP contribution >= 0.6 is 0 Å². The van der Waals surface area contributed by atoms with Crippen LogP contribution in [0.25, 0.3) is 0 Å². The molecule has 2 aromatic carbocycles. The second-order valence-electron chi connectivity index (χ2n) is 4.88. The Balaban J connectivity index is 2.12. The van der Waals surface area contributed by atoms with Crippen LogP contribution in [0.2, 0.25) is 0 Å². The lowest BCUT2D eigenvalue weighted by Gasteiger charge is -2.13. The van der Waals surface area contributed by atoms with E-state index in [1.54, 1.807) is 12.1 Å². The summed E-state index contributed by atoms with van der Waals surface area (Å²) >= 11 is 0. The van der Waals surface area contributed by atoms with E-state index >= 15 is 0 Å². The number of ether oxygens (including phenoxy) is 1. The minimum absolute atomic E-state index is 0.262. The molecule has 1 atom stereocenters. The van der Waals surface area contributed by atoms with Crippen molar-refractivity contribution in [1.29, 1.82) is 0 Å². The SMILES string of the molecule is CCNC(C)c1ccc(Oc2cc(C)ccc2F)cc1. The van der Waals surface area contributed by atoms with Gasteiger partial charge in [0.15, 0.2) is 11.6 Å². The van der Waals surface area contributed by atoms with E-state index in [9.17, 15) is 4.39 Å². The number of nitrogens with one attached hydrogen (secondary N) is 1. The van der Waals surface area contributed by atoms with Crippen LogP contribution in [0.3, 0.4) is 0 Å². The zero-order valence-corrected chi connectivity index (χ0v) is 12.1. The second-order valence-corrected chi connectivity index (χ2v) is 4.88. The average Bonchev–Trinajstić information content (AvgIpc) is 2.44. The number of benzene rings is 2. The maximum absolute atomic E-state index is 13.6. The summed E-state index contributed by atoms with van der Waals surface area (Å²) in [6.07, 6.45) is 0. The summed E-state index contributed by atoms with van der Waals surface area (Å²) < 4.78 is 19.2. The first-order chi connectivity index (χ1) is 9.60. The first-order valence-corrected chi connectivity index (χ1v) is 6.87. The number of rotatable bonds is 5. The van der Waals surface area contributed by atoms with Gasteiger partial charge in [-0.3, -0.25) is 0 Å². The highest BCUT2D eigenvalue weighted by Gasteiger charge is 2.07. The first kappa shape index (κ1) is 14.5. The third-order valence-corrected chi connectivity index (χ3v) is 3.20. The first-order valence-electron chi connectivity index (χ1n) is 6.87. The molecule has 0 amide bonds. The second kappa shape index (κ2) is 6.53. The van der Waals surface area contributed by atoms with E-state index < -0.39 is 0 Å². The van der Waals surface area contributed by atoms with Crippen LogP contribution in [0.1, 0.15) is 31.0 Å². The van der Waals surface area contributed by atoms with E-state index in [0.717, 1.165) is 12.1 Å². The predicted molar refractivity (Wildman–Crippen MR) is 79.7 cm³/mol. The molecule has 0 aromatic heterocycles. The molecule has 0 spiro atoms. The maximum atomic E-state index is 13.6. The summed E-state index contributed by atoms with van der Waals surface area (Å²) in [5.41, 5.74) is 2.16. The highest BCUT2D eigenvalue weighted by molar-refractivity contribution is 5.36. The van der Waals surface area contributed by atoms with Gasteiger partial charge in [-0.2, -0.15) is 0 Å². The molecule has 106 valence electrons. The standard InChI is InChI=1S/C17H20FNO/c1-4-19-13(3)14-6-8-15(9-7-14)20-17-11-12(2)5-10-16(17)18/h5-11,13,19H,4H2,1-3H3. The monoisotopic (exact) mass is 273 g/mol. The van der Waals surface area contributed by atoms with Gasteiger partial charge in [-0.05, 0) is 55.8 Å². The van der Waals surface area contributed by atoms with Gasteiger partial charge < -0.3 is 10.1 Å². The van der Waals surface area contributed by atoms with Gasteiger partial charge in [-0.25, -0.2) is 4.39 Å². The van der Waals surface area contributed by atoms with Crippen molar-refractivity contribution in [3.8, 4) is 11.5 Å². The van der Waals surface area contributed by atoms with Crippen molar-refractivity contribution in [1.82, 2.24) is 5.32 Å². The van der Waals surface area contributed by atoms with E-state index in [4.69, 9.17) is 4.74 Å². The number of aryl methyl sites for hydroxylation is 1. The summed E-state index contributed by atoms with van der Waals surface area (Å²) in [7, 11) is 0. The predicted octanol–water partition coefficient (Wildman–Crippen LogP) is 4.60. The lowest BCUT2D eigenvalue weighted by atomic mass is 10.1. The molecule has 1 unspecified atom stereocenters. The molecule has 0 aliphatic carbocycles. The van der Waals surface area contributed by atoms with Crippen molar-refractivity contribution >= 4 is 0 Å². The number of hydrogen-bond donors (Lipinski definition) is 1. The molecule has 2 aromatic rings. The fraction of sp³-hybridized carbons (Fsp3) is 0.294. The molecule has 0 radical (unpaired) electrons. The smallest absolute Gasteiger partial charge is 0.165 e. The quantitative estimate of drug-likeness (QED) is 0.859. The van der Waals surface area contributed by atoms with Crippen LogP contribution in [-0.2, 0) is 0 Å². The zero-order valence-electron chi connectivity index (χ0n) is 12.1. The Hall–Kier alpha value is -1.87. The van der Waals surface area contributed by atoms with Crippen molar-refractivity contribution in [2.45, 2.75) is 26.8 Å². The number of hydrogen-bond acceptors (Lipinski definition) is 2. The van der Waals surface area contributed by atoms with Crippen molar-refractivity contribution in [2.75, 3.05) is 6.54 Å². The topological polar surface area (TPSA) is 21.3 Å². The molecule has 0 aliphatic rings.